The average Bonchev–Trinajstić information content (AvgIpc) is 2.44. The van der Waals surface area contributed by atoms with Crippen molar-refractivity contribution in [2.45, 2.75) is 53.6 Å². The molecule has 0 radical (unpaired) electrons. The van der Waals surface area contributed by atoms with E-state index in [0.29, 0.717) is 18.0 Å². The molecule has 0 fully saturated rings. The second-order valence-electron chi connectivity index (χ2n) is 4.79. The fourth-order valence-electron chi connectivity index (χ4n) is 1.76. The Morgan fingerprint density at radius 1 is 1.13 bits per heavy atom. The van der Waals surface area contributed by atoms with Gasteiger partial charge >= 0.3 is 0 Å². The van der Waals surface area contributed by atoms with Crippen LogP contribution >= 0.6 is 11.3 Å². The maximum Gasteiger partial charge on any atom is 0.0305 e. The molecule has 1 aromatic rings. The van der Waals surface area contributed by atoms with E-state index in [2.05, 4.69) is 52.9 Å². The Bertz CT molecular complexity index is 314. The molecule has 1 heterocycles. The number of thiophene rings is 1. The molecule has 0 aliphatic carbocycles. The molecule has 2 heteroatoms. The average molecular weight is 225 g/mol. The summed E-state index contributed by atoms with van der Waals surface area (Å²) in [6, 6.07) is 3.34. The first-order chi connectivity index (χ1) is 6.91. The Labute approximate surface area is 97.9 Å². The summed E-state index contributed by atoms with van der Waals surface area (Å²) in [5.41, 5.74) is 1.46. The van der Waals surface area contributed by atoms with Crippen LogP contribution in [0.15, 0.2) is 6.07 Å². The molecule has 0 aromatic carbocycles. The highest BCUT2D eigenvalue weighted by Gasteiger charge is 2.15. The standard InChI is InChI=1S/C13H23NS/c1-8(2)10(4)14-11(5)13-7-9(3)15-12(13)6/h7-8,10-11,14H,1-6H3. The van der Waals surface area contributed by atoms with Crippen LogP contribution in [0.2, 0.25) is 0 Å². The number of aryl methyl sites for hydroxylation is 2. The lowest BCUT2D eigenvalue weighted by Gasteiger charge is -2.23. The van der Waals surface area contributed by atoms with Gasteiger partial charge in [0.25, 0.3) is 0 Å². The molecule has 0 saturated heterocycles. The maximum absolute atomic E-state index is 3.66. The van der Waals surface area contributed by atoms with Crippen molar-refractivity contribution in [3.8, 4) is 0 Å². The zero-order valence-electron chi connectivity index (χ0n) is 10.7. The van der Waals surface area contributed by atoms with Crippen molar-refractivity contribution in [3.63, 3.8) is 0 Å². The molecule has 86 valence electrons. The smallest absolute Gasteiger partial charge is 0.0305 e. The summed E-state index contributed by atoms with van der Waals surface area (Å²) < 4.78 is 0. The Hall–Kier alpha value is -0.340. The van der Waals surface area contributed by atoms with Crippen LogP contribution in [0, 0.1) is 19.8 Å². The second-order valence-corrected chi connectivity index (χ2v) is 6.25. The minimum atomic E-state index is 0.465. The molecule has 2 atom stereocenters. The predicted octanol–water partition coefficient (Wildman–Crippen LogP) is 4.06. The molecule has 0 bridgehead atoms. The van der Waals surface area contributed by atoms with Crippen molar-refractivity contribution in [1.29, 1.82) is 0 Å². The largest absolute Gasteiger partial charge is 0.307 e. The van der Waals surface area contributed by atoms with Gasteiger partial charge in [-0.25, -0.2) is 0 Å². The van der Waals surface area contributed by atoms with Crippen molar-refractivity contribution in [2.24, 2.45) is 5.92 Å². The summed E-state index contributed by atoms with van der Waals surface area (Å²) >= 11 is 1.89. The molecule has 0 saturated carbocycles. The summed E-state index contributed by atoms with van der Waals surface area (Å²) in [5, 5.41) is 3.66. The minimum Gasteiger partial charge on any atom is -0.307 e. The van der Waals surface area contributed by atoms with Crippen LogP contribution in [-0.4, -0.2) is 6.04 Å². The highest BCUT2D eigenvalue weighted by atomic mass is 32.1. The lowest BCUT2D eigenvalue weighted by molar-refractivity contribution is 0.388. The van der Waals surface area contributed by atoms with Crippen molar-refractivity contribution in [2.75, 3.05) is 0 Å². The Morgan fingerprint density at radius 3 is 2.13 bits per heavy atom. The van der Waals surface area contributed by atoms with Gasteiger partial charge in [-0.1, -0.05) is 13.8 Å². The molecule has 0 spiro atoms. The van der Waals surface area contributed by atoms with Gasteiger partial charge in [0.05, 0.1) is 0 Å². The molecule has 15 heavy (non-hydrogen) atoms. The van der Waals surface area contributed by atoms with Crippen LogP contribution in [0.25, 0.3) is 0 Å². The van der Waals surface area contributed by atoms with E-state index in [-0.39, 0.29) is 0 Å². The molecule has 0 aliphatic rings. The third-order valence-electron chi connectivity index (χ3n) is 3.06. The van der Waals surface area contributed by atoms with E-state index >= 15 is 0 Å². The number of hydrogen-bond donors (Lipinski definition) is 1. The third-order valence-corrected chi connectivity index (χ3v) is 4.04. The van der Waals surface area contributed by atoms with Gasteiger partial charge in [0.1, 0.15) is 0 Å². The van der Waals surface area contributed by atoms with Gasteiger partial charge in [-0.2, -0.15) is 0 Å². The zero-order valence-corrected chi connectivity index (χ0v) is 11.5. The zero-order chi connectivity index (χ0) is 11.6. The molecular formula is C13H23NS. The van der Waals surface area contributed by atoms with E-state index in [1.54, 1.807) is 0 Å². The van der Waals surface area contributed by atoms with Crippen molar-refractivity contribution in [1.82, 2.24) is 5.32 Å². The third kappa shape index (κ3) is 3.32. The van der Waals surface area contributed by atoms with Crippen LogP contribution in [0.3, 0.4) is 0 Å². The summed E-state index contributed by atoms with van der Waals surface area (Å²) in [6.07, 6.45) is 0. The predicted molar refractivity (Wildman–Crippen MR) is 69.6 cm³/mol. The molecule has 0 amide bonds. The van der Waals surface area contributed by atoms with Crippen molar-refractivity contribution >= 4 is 11.3 Å². The van der Waals surface area contributed by atoms with Gasteiger partial charge in [-0.3, -0.25) is 0 Å². The quantitative estimate of drug-likeness (QED) is 0.815. The number of rotatable bonds is 4. The molecule has 0 aliphatic heterocycles. The lowest BCUT2D eigenvalue weighted by Crippen LogP contribution is -2.33. The van der Waals surface area contributed by atoms with Crippen LogP contribution in [0.4, 0.5) is 0 Å². The molecule has 1 nitrogen and oxygen atoms in total. The summed E-state index contributed by atoms with van der Waals surface area (Å²) in [6.45, 7) is 13.4. The van der Waals surface area contributed by atoms with Gasteiger partial charge < -0.3 is 5.32 Å². The Kier molecular flexibility index (Phi) is 4.35. The Balaban J connectivity index is 2.68. The second kappa shape index (κ2) is 5.13. The molecular weight excluding hydrogens is 202 g/mol. The normalized spacial score (nSPS) is 15.7. The minimum absolute atomic E-state index is 0.465. The van der Waals surface area contributed by atoms with E-state index in [0.717, 1.165) is 0 Å². The molecule has 1 N–H and O–H groups in total. The maximum atomic E-state index is 3.66. The Morgan fingerprint density at radius 2 is 1.73 bits per heavy atom. The van der Waals surface area contributed by atoms with Crippen LogP contribution < -0.4 is 5.32 Å². The highest BCUT2D eigenvalue weighted by Crippen LogP contribution is 2.26. The van der Waals surface area contributed by atoms with E-state index in [1.165, 1.54) is 15.3 Å². The first-order valence-corrected chi connectivity index (χ1v) is 6.56. The highest BCUT2D eigenvalue weighted by molar-refractivity contribution is 7.12. The monoisotopic (exact) mass is 225 g/mol. The van der Waals surface area contributed by atoms with Crippen LogP contribution in [0.1, 0.15) is 49.1 Å². The van der Waals surface area contributed by atoms with Gasteiger partial charge in [-0.15, -0.1) is 11.3 Å². The first-order valence-electron chi connectivity index (χ1n) is 5.74. The van der Waals surface area contributed by atoms with E-state index in [1.807, 2.05) is 11.3 Å². The van der Waals surface area contributed by atoms with E-state index < -0.39 is 0 Å². The lowest BCUT2D eigenvalue weighted by atomic mass is 10.0. The summed E-state index contributed by atoms with van der Waals surface area (Å²) in [7, 11) is 0. The van der Waals surface area contributed by atoms with Crippen LogP contribution in [0.5, 0.6) is 0 Å². The molecule has 2 unspecified atom stereocenters. The summed E-state index contributed by atoms with van der Waals surface area (Å²) in [4.78, 5) is 2.86. The summed E-state index contributed by atoms with van der Waals surface area (Å²) in [5.74, 6) is 0.687. The molecule has 1 aromatic heterocycles. The topological polar surface area (TPSA) is 12.0 Å². The van der Waals surface area contributed by atoms with E-state index in [4.69, 9.17) is 0 Å². The fourth-order valence-corrected chi connectivity index (χ4v) is 2.78. The number of hydrogen-bond acceptors (Lipinski definition) is 2. The SMILES string of the molecule is Cc1cc(C(C)NC(C)C(C)C)c(C)s1. The van der Waals surface area contributed by atoms with E-state index in [9.17, 15) is 0 Å². The van der Waals surface area contributed by atoms with Crippen molar-refractivity contribution in [3.05, 3.63) is 21.4 Å². The van der Waals surface area contributed by atoms with Gasteiger partial charge in [0.15, 0.2) is 0 Å². The first kappa shape index (κ1) is 12.7. The van der Waals surface area contributed by atoms with Crippen molar-refractivity contribution < 1.29 is 0 Å². The van der Waals surface area contributed by atoms with Gasteiger partial charge in [0.2, 0.25) is 0 Å². The van der Waals surface area contributed by atoms with Gasteiger partial charge in [-0.05, 0) is 45.2 Å². The van der Waals surface area contributed by atoms with Gasteiger partial charge in [0, 0.05) is 21.8 Å². The van der Waals surface area contributed by atoms with Crippen LogP contribution in [-0.2, 0) is 0 Å². The fraction of sp³-hybridized carbons (Fsp3) is 0.692. The molecule has 1 rings (SSSR count). The number of nitrogens with one attached hydrogen (secondary N) is 1.